The largest absolute Gasteiger partial charge is 0.322 e. The van der Waals surface area contributed by atoms with E-state index in [-0.39, 0.29) is 11.2 Å². The van der Waals surface area contributed by atoms with Gasteiger partial charge in [0.2, 0.25) is 0 Å². The van der Waals surface area contributed by atoms with E-state index in [4.69, 9.17) is 11.6 Å². The molecule has 0 aliphatic heterocycles. The van der Waals surface area contributed by atoms with Gasteiger partial charge in [0.05, 0.1) is 21.9 Å². The molecule has 0 bridgehead atoms. The number of rotatable bonds is 6. The second-order valence-electron chi connectivity index (χ2n) is 7.10. The van der Waals surface area contributed by atoms with Crippen LogP contribution in [0.3, 0.4) is 0 Å². The lowest BCUT2D eigenvalue weighted by atomic mass is 10.2. The van der Waals surface area contributed by atoms with Gasteiger partial charge in [0.25, 0.3) is 11.2 Å². The monoisotopic (exact) mass is 443 g/mol. The summed E-state index contributed by atoms with van der Waals surface area (Å²) in [5.74, 6) is 0.423. The van der Waals surface area contributed by atoms with Crippen molar-refractivity contribution in [2.75, 3.05) is 11.9 Å². The first-order valence-corrected chi connectivity index (χ1v) is 10.1. The number of carbonyl (C=O) groups excluding carboxylic acids is 1. The van der Waals surface area contributed by atoms with Crippen LogP contribution in [0, 0.1) is 10.1 Å². The second kappa shape index (κ2) is 9.13. The number of anilines is 1. The van der Waals surface area contributed by atoms with Crippen molar-refractivity contribution >= 4 is 39.9 Å². The predicted octanol–water partition coefficient (Wildman–Crippen LogP) is 4.50. The van der Waals surface area contributed by atoms with Gasteiger partial charge >= 0.3 is 6.03 Å². The van der Waals surface area contributed by atoms with Crippen LogP contribution in [0.25, 0.3) is 10.9 Å². The summed E-state index contributed by atoms with van der Waals surface area (Å²) in [6.45, 7) is 4.15. The third-order valence-electron chi connectivity index (χ3n) is 4.97. The number of non-ortho nitro benzene ring substituents is 1. The van der Waals surface area contributed by atoms with Crippen LogP contribution in [0.2, 0.25) is 5.02 Å². The number of amides is 2. The highest BCUT2D eigenvalue weighted by atomic mass is 35.5. The normalized spacial score (nSPS) is 11.9. The zero-order chi connectivity index (χ0) is 22.7. The Bertz CT molecular complexity index is 1190. The Hall–Kier alpha value is -3.46. The van der Waals surface area contributed by atoms with Crippen molar-refractivity contribution in [2.45, 2.75) is 26.3 Å². The van der Waals surface area contributed by atoms with E-state index in [1.807, 2.05) is 6.92 Å². The molecular formula is C21H22ClN5O4. The van der Waals surface area contributed by atoms with E-state index in [2.05, 4.69) is 10.3 Å². The number of nitro groups is 1. The maximum absolute atomic E-state index is 13.0. The van der Waals surface area contributed by atoms with E-state index in [0.717, 1.165) is 0 Å². The predicted molar refractivity (Wildman–Crippen MR) is 120 cm³/mol. The van der Waals surface area contributed by atoms with Crippen LogP contribution in [-0.4, -0.2) is 32.0 Å². The first-order valence-electron chi connectivity index (χ1n) is 9.71. The van der Waals surface area contributed by atoms with Crippen molar-refractivity contribution in [2.24, 2.45) is 7.05 Å². The van der Waals surface area contributed by atoms with Crippen LogP contribution in [0.4, 0.5) is 16.2 Å². The lowest BCUT2D eigenvalue weighted by Gasteiger charge is -2.29. The third-order valence-corrected chi connectivity index (χ3v) is 5.20. The summed E-state index contributed by atoms with van der Waals surface area (Å²) in [5, 5.41) is 14.5. The molecule has 9 nitrogen and oxygen atoms in total. The number of aromatic nitrogens is 2. The molecule has 3 rings (SSSR count). The molecule has 10 heteroatoms. The lowest BCUT2D eigenvalue weighted by molar-refractivity contribution is -0.384. The number of nitrogens with one attached hydrogen (secondary N) is 1. The number of hydrogen-bond donors (Lipinski definition) is 1. The standard InChI is InChI=1S/C21H22ClN5O4/c1-4-11-26(21(29)23-15-6-8-16(9-7-15)27(30)31)13(2)19-24-18-12-14(22)5-10-17(18)20(28)25(19)3/h5-10,12-13H,4,11H2,1-3H3,(H,23,29). The Morgan fingerprint density at radius 1 is 1.29 bits per heavy atom. The van der Waals surface area contributed by atoms with Crippen molar-refractivity contribution in [1.82, 2.24) is 14.5 Å². The first-order chi connectivity index (χ1) is 14.7. The third kappa shape index (κ3) is 4.66. The van der Waals surface area contributed by atoms with Crippen LogP contribution < -0.4 is 10.9 Å². The molecule has 0 radical (unpaired) electrons. The number of carbonyl (C=O) groups is 1. The molecule has 0 saturated heterocycles. The summed E-state index contributed by atoms with van der Waals surface area (Å²) in [7, 11) is 1.62. The van der Waals surface area contributed by atoms with Crippen molar-refractivity contribution in [3.05, 3.63) is 73.8 Å². The smallest absolute Gasteiger partial charge is 0.315 e. The number of urea groups is 1. The Balaban J connectivity index is 1.93. The molecule has 0 spiro atoms. The minimum absolute atomic E-state index is 0.0641. The Kier molecular flexibility index (Phi) is 6.55. The number of hydrogen-bond acceptors (Lipinski definition) is 5. The number of nitrogens with zero attached hydrogens (tertiary/aromatic N) is 4. The topological polar surface area (TPSA) is 110 Å². The van der Waals surface area contributed by atoms with Crippen LogP contribution in [-0.2, 0) is 7.05 Å². The number of nitro benzene ring substituents is 1. The van der Waals surface area contributed by atoms with Crippen LogP contribution >= 0.6 is 11.6 Å². The quantitative estimate of drug-likeness (QED) is 0.445. The summed E-state index contributed by atoms with van der Waals surface area (Å²) >= 11 is 6.06. The van der Waals surface area contributed by atoms with Gasteiger partial charge in [-0.05, 0) is 43.7 Å². The van der Waals surface area contributed by atoms with Crippen molar-refractivity contribution < 1.29 is 9.72 Å². The second-order valence-corrected chi connectivity index (χ2v) is 7.54. The molecule has 2 amide bonds. The molecule has 3 aromatic rings. The summed E-state index contributed by atoms with van der Waals surface area (Å²) in [4.78, 5) is 42.3. The minimum atomic E-state index is -0.515. The van der Waals surface area contributed by atoms with Gasteiger partial charge < -0.3 is 10.2 Å². The minimum Gasteiger partial charge on any atom is -0.315 e. The average molecular weight is 444 g/mol. The van der Waals surface area contributed by atoms with E-state index in [0.29, 0.717) is 40.4 Å². The van der Waals surface area contributed by atoms with Crippen LogP contribution in [0.5, 0.6) is 0 Å². The Morgan fingerprint density at radius 3 is 2.58 bits per heavy atom. The summed E-state index contributed by atoms with van der Waals surface area (Å²) in [6.07, 6.45) is 0.686. The first kappa shape index (κ1) is 22.2. The highest BCUT2D eigenvalue weighted by Crippen LogP contribution is 2.23. The fourth-order valence-corrected chi connectivity index (χ4v) is 3.51. The maximum atomic E-state index is 13.0. The molecule has 31 heavy (non-hydrogen) atoms. The van der Waals surface area contributed by atoms with Crippen molar-refractivity contribution in [3.63, 3.8) is 0 Å². The molecular weight excluding hydrogens is 422 g/mol. The van der Waals surface area contributed by atoms with Crippen LogP contribution in [0.15, 0.2) is 47.3 Å². The Morgan fingerprint density at radius 2 is 1.97 bits per heavy atom. The van der Waals surface area contributed by atoms with Crippen molar-refractivity contribution in [1.29, 1.82) is 0 Å². The van der Waals surface area contributed by atoms with Gasteiger partial charge in [0.15, 0.2) is 0 Å². The summed E-state index contributed by atoms with van der Waals surface area (Å²) in [6, 6.07) is 9.55. The highest BCUT2D eigenvalue weighted by molar-refractivity contribution is 6.31. The zero-order valence-electron chi connectivity index (χ0n) is 17.3. The van der Waals surface area contributed by atoms with Gasteiger partial charge in [-0.1, -0.05) is 18.5 Å². The summed E-state index contributed by atoms with van der Waals surface area (Å²) < 4.78 is 1.43. The molecule has 1 unspecified atom stereocenters. The van der Waals surface area contributed by atoms with E-state index in [1.54, 1.807) is 37.1 Å². The maximum Gasteiger partial charge on any atom is 0.322 e. The lowest BCUT2D eigenvalue weighted by Crippen LogP contribution is -2.40. The summed E-state index contributed by atoms with van der Waals surface area (Å²) in [5.41, 5.74) is 0.599. The molecule has 0 fully saturated rings. The zero-order valence-corrected chi connectivity index (χ0v) is 18.1. The highest BCUT2D eigenvalue weighted by Gasteiger charge is 2.25. The molecule has 0 aliphatic carbocycles. The molecule has 0 saturated carbocycles. The SMILES string of the molecule is CCCN(C(=O)Nc1ccc([N+](=O)[O-])cc1)C(C)c1nc2cc(Cl)ccc2c(=O)n1C. The fraction of sp³-hybridized carbons (Fsp3) is 0.286. The van der Waals surface area contributed by atoms with Gasteiger partial charge in [-0.2, -0.15) is 0 Å². The number of halogens is 1. The molecule has 1 atom stereocenters. The number of benzene rings is 2. The Labute approximate surface area is 183 Å². The molecule has 162 valence electrons. The molecule has 1 heterocycles. The van der Waals surface area contributed by atoms with Gasteiger partial charge in [0.1, 0.15) is 5.82 Å². The molecule has 1 N–H and O–H groups in total. The van der Waals surface area contributed by atoms with Gasteiger partial charge in [-0.15, -0.1) is 0 Å². The van der Waals surface area contributed by atoms with Crippen LogP contribution in [0.1, 0.15) is 32.1 Å². The average Bonchev–Trinajstić information content (AvgIpc) is 2.74. The molecule has 0 aliphatic rings. The van der Waals surface area contributed by atoms with E-state index in [1.165, 1.54) is 28.8 Å². The van der Waals surface area contributed by atoms with Crippen molar-refractivity contribution in [3.8, 4) is 0 Å². The number of fused-ring (bicyclic) bond motifs is 1. The molecule has 1 aromatic heterocycles. The van der Waals surface area contributed by atoms with Gasteiger partial charge in [-0.3, -0.25) is 19.5 Å². The van der Waals surface area contributed by atoms with Gasteiger partial charge in [0, 0.05) is 36.4 Å². The van der Waals surface area contributed by atoms with E-state index < -0.39 is 17.0 Å². The van der Waals surface area contributed by atoms with Gasteiger partial charge in [-0.25, -0.2) is 9.78 Å². The van der Waals surface area contributed by atoms with E-state index in [9.17, 15) is 19.7 Å². The fourth-order valence-electron chi connectivity index (χ4n) is 3.35. The van der Waals surface area contributed by atoms with E-state index >= 15 is 0 Å². The molecule has 2 aromatic carbocycles.